The van der Waals surface area contributed by atoms with Gasteiger partial charge in [0.1, 0.15) is 11.1 Å². The molecule has 0 aliphatic carbocycles. The van der Waals surface area contributed by atoms with Crippen molar-refractivity contribution in [2.45, 2.75) is 13.3 Å². The van der Waals surface area contributed by atoms with Gasteiger partial charge >= 0.3 is 0 Å². The van der Waals surface area contributed by atoms with E-state index >= 15 is 0 Å². The summed E-state index contributed by atoms with van der Waals surface area (Å²) in [6.07, 6.45) is 0.883. The number of oxazole rings is 1. The van der Waals surface area contributed by atoms with Crippen LogP contribution >= 0.6 is 23.8 Å². The maximum Gasteiger partial charge on any atom is 0.282 e. The average Bonchev–Trinajstić information content (AvgIpc) is 3.23. The molecule has 1 amide bonds. The van der Waals surface area contributed by atoms with Crippen molar-refractivity contribution in [2.75, 3.05) is 5.32 Å². The number of rotatable bonds is 5. The van der Waals surface area contributed by atoms with E-state index in [0.717, 1.165) is 17.5 Å². The number of nitro groups is 1. The molecule has 0 bridgehead atoms. The van der Waals surface area contributed by atoms with Gasteiger partial charge in [0.05, 0.1) is 15.5 Å². The molecule has 1 aromatic heterocycles. The Bertz CT molecular complexity index is 1400. The van der Waals surface area contributed by atoms with Crippen LogP contribution in [0.15, 0.2) is 65.1 Å². The molecule has 4 rings (SSSR count). The van der Waals surface area contributed by atoms with Gasteiger partial charge in [-0.2, -0.15) is 0 Å². The highest BCUT2D eigenvalue weighted by Gasteiger charge is 2.20. The Morgan fingerprint density at radius 3 is 2.73 bits per heavy atom. The molecule has 10 heteroatoms. The van der Waals surface area contributed by atoms with Crippen molar-refractivity contribution < 1.29 is 14.1 Å². The van der Waals surface area contributed by atoms with Gasteiger partial charge in [-0.25, -0.2) is 4.98 Å². The van der Waals surface area contributed by atoms with Crippen LogP contribution in [0.5, 0.6) is 0 Å². The van der Waals surface area contributed by atoms with Gasteiger partial charge in [0.25, 0.3) is 11.6 Å². The Morgan fingerprint density at radius 1 is 1.18 bits per heavy atom. The average molecular weight is 481 g/mol. The van der Waals surface area contributed by atoms with Crippen molar-refractivity contribution in [3.05, 3.63) is 86.9 Å². The van der Waals surface area contributed by atoms with Crippen molar-refractivity contribution in [2.24, 2.45) is 0 Å². The Balaban J connectivity index is 1.54. The minimum Gasteiger partial charge on any atom is -0.436 e. The topological polar surface area (TPSA) is 110 Å². The number of carbonyl (C=O) groups excluding carboxylic acids is 1. The second-order valence-corrected chi connectivity index (χ2v) is 7.87. The third-order valence-electron chi connectivity index (χ3n) is 4.89. The number of hydrogen-bond donors (Lipinski definition) is 2. The van der Waals surface area contributed by atoms with Crippen LogP contribution in [-0.4, -0.2) is 20.9 Å². The zero-order chi connectivity index (χ0) is 23.5. The zero-order valence-electron chi connectivity index (χ0n) is 17.3. The number of benzene rings is 3. The molecule has 8 nitrogen and oxygen atoms in total. The maximum atomic E-state index is 12.5. The molecular formula is C23H17ClN4O4S. The third kappa shape index (κ3) is 4.84. The van der Waals surface area contributed by atoms with Crippen LogP contribution in [0.1, 0.15) is 22.8 Å². The van der Waals surface area contributed by atoms with E-state index in [2.05, 4.69) is 22.5 Å². The number of amides is 1. The highest BCUT2D eigenvalue weighted by atomic mass is 35.5. The monoisotopic (exact) mass is 480 g/mol. The molecule has 0 aliphatic rings. The summed E-state index contributed by atoms with van der Waals surface area (Å²) in [5.41, 5.74) is 3.18. The highest BCUT2D eigenvalue weighted by molar-refractivity contribution is 7.80. The van der Waals surface area contributed by atoms with Crippen LogP contribution in [0.25, 0.3) is 22.6 Å². The van der Waals surface area contributed by atoms with Crippen LogP contribution in [-0.2, 0) is 6.42 Å². The Hall–Kier alpha value is -3.82. The van der Waals surface area contributed by atoms with E-state index in [4.69, 9.17) is 28.2 Å². The number of aryl methyl sites for hydroxylation is 1. The quantitative estimate of drug-likeness (QED) is 0.212. The number of nitrogens with one attached hydrogen (secondary N) is 2. The van der Waals surface area contributed by atoms with Gasteiger partial charge in [-0.1, -0.05) is 36.7 Å². The Morgan fingerprint density at radius 2 is 1.97 bits per heavy atom. The van der Waals surface area contributed by atoms with E-state index in [1.807, 2.05) is 18.2 Å². The van der Waals surface area contributed by atoms with Crippen LogP contribution in [0.4, 0.5) is 11.4 Å². The van der Waals surface area contributed by atoms with E-state index in [-0.39, 0.29) is 16.4 Å². The van der Waals surface area contributed by atoms with Crippen molar-refractivity contribution in [3.8, 4) is 11.5 Å². The summed E-state index contributed by atoms with van der Waals surface area (Å²) < 4.78 is 5.86. The molecule has 1 heterocycles. The minimum absolute atomic E-state index is 0.0309. The molecule has 0 unspecified atom stereocenters. The number of halogens is 1. The lowest BCUT2D eigenvalue weighted by atomic mass is 10.1. The van der Waals surface area contributed by atoms with Crippen molar-refractivity contribution in [1.82, 2.24) is 10.3 Å². The lowest BCUT2D eigenvalue weighted by molar-refractivity contribution is -0.385. The molecule has 0 atom stereocenters. The third-order valence-corrected chi connectivity index (χ3v) is 5.42. The first-order valence-corrected chi connectivity index (χ1v) is 10.7. The molecular weight excluding hydrogens is 464 g/mol. The number of nitrogens with zero attached hydrogens (tertiary/aromatic N) is 2. The van der Waals surface area contributed by atoms with Gasteiger partial charge in [-0.15, -0.1) is 0 Å². The van der Waals surface area contributed by atoms with Gasteiger partial charge < -0.3 is 9.73 Å². The lowest BCUT2D eigenvalue weighted by Gasteiger charge is -2.11. The second kappa shape index (κ2) is 9.35. The van der Waals surface area contributed by atoms with E-state index in [1.54, 1.807) is 18.2 Å². The van der Waals surface area contributed by atoms with E-state index < -0.39 is 10.8 Å². The number of para-hydroxylation sites is 1. The largest absolute Gasteiger partial charge is 0.436 e. The smallest absolute Gasteiger partial charge is 0.282 e. The number of nitro benzene ring substituents is 1. The second-order valence-electron chi connectivity index (χ2n) is 7.05. The lowest BCUT2D eigenvalue weighted by Crippen LogP contribution is -2.34. The fraction of sp³-hybridized carbons (Fsp3) is 0.0870. The molecule has 0 radical (unpaired) electrons. The van der Waals surface area contributed by atoms with Crippen LogP contribution in [0.3, 0.4) is 0 Å². The van der Waals surface area contributed by atoms with Gasteiger partial charge in [-0.3, -0.25) is 20.2 Å². The first-order valence-electron chi connectivity index (χ1n) is 9.91. The normalized spacial score (nSPS) is 10.7. The highest BCUT2D eigenvalue weighted by Crippen LogP contribution is 2.32. The maximum absolute atomic E-state index is 12.5. The molecule has 0 spiro atoms. The number of hydrogen-bond acceptors (Lipinski definition) is 6. The molecule has 166 valence electrons. The van der Waals surface area contributed by atoms with Gasteiger partial charge in [0.15, 0.2) is 10.7 Å². The van der Waals surface area contributed by atoms with E-state index in [9.17, 15) is 14.9 Å². The summed E-state index contributed by atoms with van der Waals surface area (Å²) in [5.74, 6) is -0.346. The molecule has 2 N–H and O–H groups in total. The van der Waals surface area contributed by atoms with Crippen molar-refractivity contribution >= 4 is 57.3 Å². The SMILES string of the molecule is CCc1ccc2oc(-c3cc(NC(=S)NC(=O)c4ccccc4[N+](=O)[O-])ccc3Cl)nc2c1. The number of fused-ring (bicyclic) bond motifs is 1. The van der Waals surface area contributed by atoms with E-state index in [0.29, 0.717) is 27.7 Å². The van der Waals surface area contributed by atoms with E-state index in [1.165, 1.54) is 24.3 Å². The molecule has 0 saturated heterocycles. The zero-order valence-corrected chi connectivity index (χ0v) is 18.9. The standard InChI is InChI=1S/C23H17ClN4O4S/c1-2-13-7-10-20-18(11-13)26-22(32-20)16-12-14(8-9-17(16)24)25-23(33)27-21(29)15-5-3-4-6-19(15)28(30)31/h3-12H,2H2,1H3,(H2,25,27,29,33). The van der Waals surface area contributed by atoms with Gasteiger partial charge in [0, 0.05) is 11.8 Å². The van der Waals surface area contributed by atoms with Crippen LogP contribution < -0.4 is 10.6 Å². The molecule has 4 aromatic rings. The molecule has 33 heavy (non-hydrogen) atoms. The number of thiocarbonyl (C=S) groups is 1. The predicted molar refractivity (Wildman–Crippen MR) is 131 cm³/mol. The summed E-state index contributed by atoms with van der Waals surface area (Å²) in [6, 6.07) is 16.5. The summed E-state index contributed by atoms with van der Waals surface area (Å²) >= 11 is 11.6. The van der Waals surface area contributed by atoms with Gasteiger partial charge in [0.2, 0.25) is 5.89 Å². The molecule has 0 fully saturated rings. The fourth-order valence-corrected chi connectivity index (χ4v) is 3.64. The summed E-state index contributed by atoms with van der Waals surface area (Å²) in [7, 11) is 0. The predicted octanol–water partition coefficient (Wildman–Crippen LogP) is 5.75. The number of aromatic nitrogens is 1. The Kier molecular flexibility index (Phi) is 6.34. The summed E-state index contributed by atoms with van der Waals surface area (Å²) in [6.45, 7) is 2.06. The van der Waals surface area contributed by atoms with Crippen molar-refractivity contribution in [1.29, 1.82) is 0 Å². The Labute approximate surface area is 198 Å². The fourth-order valence-electron chi connectivity index (χ4n) is 3.23. The van der Waals surface area contributed by atoms with Crippen LogP contribution in [0.2, 0.25) is 5.02 Å². The summed E-state index contributed by atoms with van der Waals surface area (Å²) in [4.78, 5) is 27.6. The first-order chi connectivity index (χ1) is 15.9. The number of carbonyl (C=O) groups is 1. The molecule has 0 saturated carbocycles. The van der Waals surface area contributed by atoms with Crippen LogP contribution in [0, 0.1) is 10.1 Å². The number of anilines is 1. The minimum atomic E-state index is -0.695. The van der Waals surface area contributed by atoms with Gasteiger partial charge in [-0.05, 0) is 60.6 Å². The summed E-state index contributed by atoms with van der Waals surface area (Å²) in [5, 5.41) is 16.9. The van der Waals surface area contributed by atoms with Crippen molar-refractivity contribution in [3.63, 3.8) is 0 Å². The molecule has 0 aliphatic heterocycles. The molecule has 3 aromatic carbocycles. The first kappa shape index (κ1) is 22.4.